The zero-order valence-electron chi connectivity index (χ0n) is 7.24. The lowest BCUT2D eigenvalue weighted by molar-refractivity contribution is 0.483. The molecule has 1 nitrogen and oxygen atoms in total. The highest BCUT2D eigenvalue weighted by atomic mass is 32.1. The fraction of sp³-hybridized carbons (Fsp3) is 0.200. The van der Waals surface area contributed by atoms with E-state index in [1.807, 2.05) is 6.07 Å². The molecule has 0 aliphatic heterocycles. The maximum absolute atomic E-state index is 9.57. The van der Waals surface area contributed by atoms with Crippen LogP contribution in [0.2, 0.25) is 0 Å². The van der Waals surface area contributed by atoms with E-state index in [1.165, 1.54) is 5.56 Å². The van der Waals surface area contributed by atoms with E-state index in [2.05, 4.69) is 25.6 Å². The van der Waals surface area contributed by atoms with Gasteiger partial charge in [-0.15, -0.1) is 24.0 Å². The Morgan fingerprint density at radius 1 is 1.46 bits per heavy atom. The molecule has 0 aliphatic rings. The van der Waals surface area contributed by atoms with Gasteiger partial charge in [0.25, 0.3) is 0 Å². The number of fused-ring (bicyclic) bond motifs is 1. The molecule has 1 heterocycles. The van der Waals surface area contributed by atoms with Gasteiger partial charge in [0.2, 0.25) is 0 Å². The number of aryl methyl sites for hydroxylation is 1. The molecule has 1 aromatic heterocycles. The Kier molecular flexibility index (Phi) is 2.22. The largest absolute Gasteiger partial charge is 0.506 e. The van der Waals surface area contributed by atoms with Crippen molar-refractivity contribution in [2.24, 2.45) is 0 Å². The number of rotatable bonds is 1. The molecule has 1 N–H and O–H groups in total. The Morgan fingerprint density at radius 2 is 2.23 bits per heavy atom. The molecule has 13 heavy (non-hydrogen) atoms. The first kappa shape index (κ1) is 8.91. The molecule has 2 aromatic rings. The SMILES string of the molecule is CCc1ccc2scc(O)c2c1S. The summed E-state index contributed by atoms with van der Waals surface area (Å²) in [6, 6.07) is 4.11. The van der Waals surface area contributed by atoms with Crippen LogP contribution in [0, 0.1) is 0 Å². The molecule has 0 unspecified atom stereocenters. The number of hydrogen-bond acceptors (Lipinski definition) is 3. The summed E-state index contributed by atoms with van der Waals surface area (Å²) in [6.07, 6.45) is 0.948. The lowest BCUT2D eigenvalue weighted by atomic mass is 10.1. The normalized spacial score (nSPS) is 10.9. The Labute approximate surface area is 86.4 Å². The molecule has 0 fully saturated rings. The van der Waals surface area contributed by atoms with Gasteiger partial charge in [0.05, 0.1) is 0 Å². The smallest absolute Gasteiger partial charge is 0.135 e. The van der Waals surface area contributed by atoms with Gasteiger partial charge in [0, 0.05) is 20.4 Å². The summed E-state index contributed by atoms with van der Waals surface area (Å²) >= 11 is 5.97. The Hall–Kier alpha value is -0.670. The van der Waals surface area contributed by atoms with E-state index in [4.69, 9.17) is 0 Å². The summed E-state index contributed by atoms with van der Waals surface area (Å²) in [7, 11) is 0. The minimum Gasteiger partial charge on any atom is -0.506 e. The molecule has 0 radical (unpaired) electrons. The third kappa shape index (κ3) is 1.32. The first-order chi connectivity index (χ1) is 6.24. The number of thiophene rings is 1. The summed E-state index contributed by atoms with van der Waals surface area (Å²) in [5.74, 6) is 0.348. The first-order valence-corrected chi connectivity index (χ1v) is 5.47. The van der Waals surface area contributed by atoms with Crippen molar-refractivity contribution in [1.29, 1.82) is 0 Å². The van der Waals surface area contributed by atoms with Crippen molar-refractivity contribution in [3.05, 3.63) is 23.1 Å². The van der Waals surface area contributed by atoms with E-state index in [0.717, 1.165) is 21.4 Å². The van der Waals surface area contributed by atoms with Crippen LogP contribution >= 0.6 is 24.0 Å². The topological polar surface area (TPSA) is 20.2 Å². The van der Waals surface area contributed by atoms with Crippen molar-refractivity contribution < 1.29 is 5.11 Å². The summed E-state index contributed by atoms with van der Waals surface area (Å²) in [5.41, 5.74) is 1.18. The van der Waals surface area contributed by atoms with Gasteiger partial charge in [-0.3, -0.25) is 0 Å². The van der Waals surface area contributed by atoms with Gasteiger partial charge < -0.3 is 5.11 Å². The van der Waals surface area contributed by atoms with E-state index in [1.54, 1.807) is 16.7 Å². The van der Waals surface area contributed by atoms with Gasteiger partial charge in [-0.1, -0.05) is 13.0 Å². The zero-order chi connectivity index (χ0) is 9.42. The monoisotopic (exact) mass is 210 g/mol. The molecule has 0 bridgehead atoms. The predicted octanol–water partition coefficient (Wildman–Crippen LogP) is 3.46. The van der Waals surface area contributed by atoms with E-state index >= 15 is 0 Å². The highest BCUT2D eigenvalue weighted by Gasteiger charge is 2.08. The number of aromatic hydroxyl groups is 1. The summed E-state index contributed by atoms with van der Waals surface area (Å²) < 4.78 is 1.10. The van der Waals surface area contributed by atoms with Gasteiger partial charge in [-0.25, -0.2) is 0 Å². The number of thiol groups is 1. The van der Waals surface area contributed by atoms with Crippen molar-refractivity contribution in [2.45, 2.75) is 18.2 Å². The van der Waals surface area contributed by atoms with Crippen molar-refractivity contribution in [3.63, 3.8) is 0 Å². The van der Waals surface area contributed by atoms with Crippen molar-refractivity contribution in [3.8, 4) is 5.75 Å². The van der Waals surface area contributed by atoms with Crippen molar-refractivity contribution >= 4 is 34.1 Å². The second-order valence-corrected chi connectivity index (χ2v) is 4.28. The van der Waals surface area contributed by atoms with E-state index in [-0.39, 0.29) is 0 Å². The maximum Gasteiger partial charge on any atom is 0.135 e. The van der Waals surface area contributed by atoms with Gasteiger partial charge >= 0.3 is 0 Å². The first-order valence-electron chi connectivity index (χ1n) is 4.15. The molecule has 0 spiro atoms. The van der Waals surface area contributed by atoms with E-state index < -0.39 is 0 Å². The van der Waals surface area contributed by atoms with Crippen LogP contribution in [0.4, 0.5) is 0 Å². The van der Waals surface area contributed by atoms with Crippen molar-refractivity contribution in [2.75, 3.05) is 0 Å². The van der Waals surface area contributed by atoms with Crippen LogP contribution in [-0.4, -0.2) is 5.11 Å². The van der Waals surface area contributed by atoms with Gasteiger partial charge in [-0.05, 0) is 18.1 Å². The fourth-order valence-corrected chi connectivity index (χ4v) is 2.80. The van der Waals surface area contributed by atoms with Crippen LogP contribution in [-0.2, 0) is 6.42 Å². The van der Waals surface area contributed by atoms with E-state index in [9.17, 15) is 5.11 Å². The van der Waals surface area contributed by atoms with Crippen LogP contribution < -0.4 is 0 Å². The minimum absolute atomic E-state index is 0.348. The Morgan fingerprint density at radius 3 is 2.92 bits per heavy atom. The molecular weight excluding hydrogens is 200 g/mol. The highest BCUT2D eigenvalue weighted by molar-refractivity contribution is 7.80. The average Bonchev–Trinajstić information content (AvgIpc) is 2.49. The standard InChI is InChI=1S/C10H10OS2/c1-2-6-3-4-8-9(10(6)12)7(11)5-13-8/h3-5,11-12H,2H2,1H3. The maximum atomic E-state index is 9.57. The molecular formula is C10H10OS2. The fourth-order valence-electron chi connectivity index (χ4n) is 1.43. The molecule has 0 atom stereocenters. The predicted molar refractivity (Wildman–Crippen MR) is 60.1 cm³/mol. The molecule has 0 saturated heterocycles. The molecule has 0 amide bonds. The quantitative estimate of drug-likeness (QED) is 0.691. The van der Waals surface area contributed by atoms with Crippen LogP contribution in [0.1, 0.15) is 12.5 Å². The Balaban J connectivity index is 2.83. The molecule has 2 rings (SSSR count). The lowest BCUT2D eigenvalue weighted by Crippen LogP contribution is -1.82. The third-order valence-electron chi connectivity index (χ3n) is 2.16. The second-order valence-electron chi connectivity index (χ2n) is 2.92. The van der Waals surface area contributed by atoms with Gasteiger partial charge in [0.1, 0.15) is 5.75 Å². The third-order valence-corrected chi connectivity index (χ3v) is 3.60. The summed E-state index contributed by atoms with van der Waals surface area (Å²) in [6.45, 7) is 2.09. The lowest BCUT2D eigenvalue weighted by Gasteiger charge is -2.03. The van der Waals surface area contributed by atoms with Gasteiger partial charge in [0.15, 0.2) is 0 Å². The average molecular weight is 210 g/mol. The molecule has 0 aliphatic carbocycles. The van der Waals surface area contributed by atoms with Gasteiger partial charge in [-0.2, -0.15) is 0 Å². The van der Waals surface area contributed by atoms with Crippen LogP contribution in [0.25, 0.3) is 10.1 Å². The van der Waals surface area contributed by atoms with Crippen LogP contribution in [0.5, 0.6) is 5.75 Å². The Bertz CT molecular complexity index is 445. The zero-order valence-corrected chi connectivity index (χ0v) is 8.95. The minimum atomic E-state index is 0.348. The summed E-state index contributed by atoms with van der Waals surface area (Å²) in [5, 5.41) is 12.2. The number of benzene rings is 1. The van der Waals surface area contributed by atoms with Crippen LogP contribution in [0.15, 0.2) is 22.4 Å². The molecule has 3 heteroatoms. The highest BCUT2D eigenvalue weighted by Crippen LogP contribution is 2.37. The van der Waals surface area contributed by atoms with Crippen molar-refractivity contribution in [1.82, 2.24) is 0 Å². The molecule has 1 aromatic carbocycles. The van der Waals surface area contributed by atoms with Crippen LogP contribution in [0.3, 0.4) is 0 Å². The summed E-state index contributed by atoms with van der Waals surface area (Å²) in [4.78, 5) is 0.916. The molecule has 68 valence electrons. The second kappa shape index (κ2) is 3.24. The van der Waals surface area contributed by atoms with E-state index in [0.29, 0.717) is 5.75 Å². The number of hydrogen-bond donors (Lipinski definition) is 2. The molecule has 0 saturated carbocycles.